The van der Waals surface area contributed by atoms with E-state index >= 15 is 0 Å². The van der Waals surface area contributed by atoms with Crippen LogP contribution in [0, 0.1) is 11.8 Å². The molecule has 0 spiro atoms. The zero-order valence-electron chi connectivity index (χ0n) is 13.4. The Hall–Kier alpha value is -0.570. The molecule has 0 aromatic rings. The molecule has 2 rings (SSSR count). The van der Waals surface area contributed by atoms with Gasteiger partial charge in [-0.1, -0.05) is 26.2 Å². The van der Waals surface area contributed by atoms with Crippen LogP contribution >= 0.6 is 0 Å². The maximum absolute atomic E-state index is 12.6. The first-order chi connectivity index (χ1) is 9.60. The van der Waals surface area contributed by atoms with Crippen LogP contribution < -0.4 is 0 Å². The van der Waals surface area contributed by atoms with E-state index in [2.05, 4.69) is 25.7 Å². The Labute approximate surface area is 124 Å². The third-order valence-electron chi connectivity index (χ3n) is 4.89. The van der Waals surface area contributed by atoms with E-state index in [4.69, 9.17) is 4.74 Å². The van der Waals surface area contributed by atoms with E-state index in [1.54, 1.807) is 0 Å². The van der Waals surface area contributed by atoms with E-state index in [9.17, 15) is 4.79 Å². The van der Waals surface area contributed by atoms with E-state index in [-0.39, 0.29) is 18.1 Å². The minimum absolute atomic E-state index is 0.184. The van der Waals surface area contributed by atoms with Crippen LogP contribution in [0.5, 0.6) is 0 Å². The van der Waals surface area contributed by atoms with Crippen molar-refractivity contribution in [3.63, 3.8) is 0 Å². The molecule has 3 heteroatoms. The van der Waals surface area contributed by atoms with E-state index in [1.165, 1.54) is 32.1 Å². The van der Waals surface area contributed by atoms with Gasteiger partial charge >= 0.3 is 0 Å². The Morgan fingerprint density at radius 3 is 2.25 bits per heavy atom. The van der Waals surface area contributed by atoms with Crippen LogP contribution in [-0.2, 0) is 9.53 Å². The Bertz CT molecular complexity index is 300. The lowest BCUT2D eigenvalue weighted by molar-refractivity contribution is -0.148. The van der Waals surface area contributed by atoms with E-state index < -0.39 is 0 Å². The van der Waals surface area contributed by atoms with Gasteiger partial charge < -0.3 is 9.64 Å². The van der Waals surface area contributed by atoms with Crippen molar-refractivity contribution < 1.29 is 9.53 Å². The molecule has 0 aromatic carbocycles. The number of morpholine rings is 1. The number of rotatable bonds is 4. The molecule has 0 aromatic heterocycles. The molecule has 0 bridgehead atoms. The van der Waals surface area contributed by atoms with Crippen LogP contribution in [0.4, 0.5) is 0 Å². The number of unbranched alkanes of at least 4 members (excludes halogenated alkanes) is 1. The molecule has 2 aliphatic rings. The first-order valence-corrected chi connectivity index (χ1v) is 8.54. The highest BCUT2D eigenvalue weighted by molar-refractivity contribution is 5.79. The molecule has 0 N–H and O–H groups in total. The number of nitrogens with zero attached hydrogens (tertiary/aromatic N) is 1. The summed E-state index contributed by atoms with van der Waals surface area (Å²) in [5.41, 5.74) is 0. The number of carbonyl (C=O) groups is 1. The van der Waals surface area contributed by atoms with Gasteiger partial charge in [0, 0.05) is 19.0 Å². The molecule has 1 aliphatic heterocycles. The second-order valence-corrected chi connectivity index (χ2v) is 6.86. The molecule has 116 valence electrons. The van der Waals surface area contributed by atoms with Crippen molar-refractivity contribution in [1.29, 1.82) is 0 Å². The molecular formula is C17H31NO2. The van der Waals surface area contributed by atoms with Gasteiger partial charge in [0.25, 0.3) is 0 Å². The number of ether oxygens (including phenoxy) is 1. The summed E-state index contributed by atoms with van der Waals surface area (Å²) >= 11 is 0. The monoisotopic (exact) mass is 281 g/mol. The fourth-order valence-corrected chi connectivity index (χ4v) is 3.81. The zero-order valence-corrected chi connectivity index (χ0v) is 13.4. The van der Waals surface area contributed by atoms with Gasteiger partial charge in [0.05, 0.1) is 12.2 Å². The van der Waals surface area contributed by atoms with Crippen LogP contribution in [0.2, 0.25) is 0 Å². The maximum atomic E-state index is 12.6. The lowest BCUT2D eigenvalue weighted by atomic mass is 9.79. The summed E-state index contributed by atoms with van der Waals surface area (Å²) < 4.78 is 5.72. The zero-order chi connectivity index (χ0) is 14.5. The quantitative estimate of drug-likeness (QED) is 0.787. The summed E-state index contributed by atoms with van der Waals surface area (Å²) in [7, 11) is 0. The fourth-order valence-electron chi connectivity index (χ4n) is 3.81. The predicted octanol–water partition coefficient (Wildman–Crippen LogP) is 3.62. The van der Waals surface area contributed by atoms with Gasteiger partial charge in [-0.15, -0.1) is 0 Å². The average molecular weight is 281 g/mol. The molecule has 1 heterocycles. The molecular weight excluding hydrogens is 250 g/mol. The fraction of sp³-hybridized carbons (Fsp3) is 0.941. The van der Waals surface area contributed by atoms with Crippen molar-refractivity contribution in [3.05, 3.63) is 0 Å². The smallest absolute Gasteiger partial charge is 0.225 e. The molecule has 3 nitrogen and oxygen atoms in total. The SMILES string of the molecule is CCCCC1CCC(C(=O)N2CC(C)OC(C)C2)CC1. The Balaban J connectivity index is 1.79. The minimum atomic E-state index is 0.184. The summed E-state index contributed by atoms with van der Waals surface area (Å²) in [5.74, 6) is 1.55. The molecule has 20 heavy (non-hydrogen) atoms. The minimum Gasteiger partial charge on any atom is -0.372 e. The average Bonchev–Trinajstić information content (AvgIpc) is 2.44. The normalized spacial score (nSPS) is 35.0. The van der Waals surface area contributed by atoms with Gasteiger partial charge in [-0.3, -0.25) is 4.79 Å². The second-order valence-electron chi connectivity index (χ2n) is 6.86. The summed E-state index contributed by atoms with van der Waals surface area (Å²) in [6.07, 6.45) is 9.10. The molecule has 2 atom stereocenters. The van der Waals surface area contributed by atoms with Crippen molar-refractivity contribution in [3.8, 4) is 0 Å². The number of carbonyl (C=O) groups excluding carboxylic acids is 1. The Kier molecular flexibility index (Phi) is 5.88. The van der Waals surface area contributed by atoms with E-state index in [0.29, 0.717) is 5.91 Å². The molecule has 1 saturated heterocycles. The summed E-state index contributed by atoms with van der Waals surface area (Å²) in [5, 5.41) is 0. The Morgan fingerprint density at radius 2 is 1.70 bits per heavy atom. The molecule has 0 radical (unpaired) electrons. The van der Waals surface area contributed by atoms with E-state index in [0.717, 1.165) is 31.8 Å². The lowest BCUT2D eigenvalue weighted by Crippen LogP contribution is -2.50. The van der Waals surface area contributed by atoms with Crippen LogP contribution in [0.15, 0.2) is 0 Å². The van der Waals surface area contributed by atoms with Gasteiger partial charge in [0.15, 0.2) is 0 Å². The van der Waals surface area contributed by atoms with Gasteiger partial charge in [-0.05, 0) is 45.4 Å². The number of amides is 1. The van der Waals surface area contributed by atoms with Crippen LogP contribution in [0.3, 0.4) is 0 Å². The van der Waals surface area contributed by atoms with Gasteiger partial charge in [0.1, 0.15) is 0 Å². The molecule has 1 amide bonds. The summed E-state index contributed by atoms with van der Waals surface area (Å²) in [6, 6.07) is 0. The van der Waals surface area contributed by atoms with E-state index in [1.807, 2.05) is 0 Å². The van der Waals surface area contributed by atoms with Gasteiger partial charge in [0.2, 0.25) is 5.91 Å². The van der Waals surface area contributed by atoms with Crippen LogP contribution in [-0.4, -0.2) is 36.1 Å². The predicted molar refractivity (Wildman–Crippen MR) is 81.6 cm³/mol. The number of hydrogen-bond donors (Lipinski definition) is 0. The van der Waals surface area contributed by atoms with Gasteiger partial charge in [-0.2, -0.15) is 0 Å². The number of hydrogen-bond acceptors (Lipinski definition) is 2. The van der Waals surface area contributed by atoms with Crippen molar-refractivity contribution in [1.82, 2.24) is 4.90 Å². The highest BCUT2D eigenvalue weighted by atomic mass is 16.5. The van der Waals surface area contributed by atoms with Crippen molar-refractivity contribution in [2.24, 2.45) is 11.8 Å². The highest BCUT2D eigenvalue weighted by Gasteiger charge is 2.32. The maximum Gasteiger partial charge on any atom is 0.225 e. The summed E-state index contributed by atoms with van der Waals surface area (Å²) in [4.78, 5) is 14.7. The van der Waals surface area contributed by atoms with Gasteiger partial charge in [-0.25, -0.2) is 0 Å². The highest BCUT2D eigenvalue weighted by Crippen LogP contribution is 2.33. The summed E-state index contributed by atoms with van der Waals surface area (Å²) in [6.45, 7) is 7.95. The van der Waals surface area contributed by atoms with Crippen molar-refractivity contribution in [2.75, 3.05) is 13.1 Å². The third-order valence-corrected chi connectivity index (χ3v) is 4.89. The third kappa shape index (κ3) is 4.21. The molecule has 2 fully saturated rings. The standard InChI is InChI=1S/C17H31NO2/c1-4-5-6-15-7-9-16(10-8-15)17(19)18-11-13(2)20-14(3)12-18/h13-16H,4-12H2,1-3H3. The Morgan fingerprint density at radius 1 is 1.10 bits per heavy atom. The van der Waals surface area contributed by atoms with Crippen molar-refractivity contribution in [2.45, 2.75) is 77.9 Å². The lowest BCUT2D eigenvalue weighted by Gasteiger charge is -2.38. The molecule has 2 unspecified atom stereocenters. The van der Waals surface area contributed by atoms with Crippen LogP contribution in [0.25, 0.3) is 0 Å². The molecule has 1 saturated carbocycles. The topological polar surface area (TPSA) is 29.5 Å². The first-order valence-electron chi connectivity index (χ1n) is 8.54. The van der Waals surface area contributed by atoms with Crippen LogP contribution in [0.1, 0.15) is 65.7 Å². The first kappa shape index (κ1) is 15.8. The largest absolute Gasteiger partial charge is 0.372 e. The van der Waals surface area contributed by atoms with Crippen molar-refractivity contribution >= 4 is 5.91 Å². The second kappa shape index (κ2) is 7.44. The molecule has 1 aliphatic carbocycles.